The van der Waals surface area contributed by atoms with E-state index in [9.17, 15) is 20.0 Å². The van der Waals surface area contributed by atoms with Gasteiger partial charge in [-0.05, 0) is 42.5 Å². The molecule has 0 fully saturated rings. The van der Waals surface area contributed by atoms with E-state index >= 15 is 0 Å². The number of amides is 1. The third kappa shape index (κ3) is 5.54. The van der Waals surface area contributed by atoms with Crippen LogP contribution in [-0.4, -0.2) is 23.7 Å². The summed E-state index contributed by atoms with van der Waals surface area (Å²) >= 11 is 0. The van der Waals surface area contributed by atoms with Crippen LogP contribution in [0.25, 0.3) is 0 Å². The number of hydrogen-bond acceptors (Lipinski definition) is 6. The number of hydrogen-bond donors (Lipinski definition) is 1. The molecule has 0 unspecified atom stereocenters. The zero-order valence-corrected chi connectivity index (χ0v) is 16.0. The molecule has 8 heteroatoms. The van der Waals surface area contributed by atoms with E-state index in [0.717, 1.165) is 18.7 Å². The molecule has 0 spiro atoms. The minimum absolute atomic E-state index is 0.0218. The van der Waals surface area contributed by atoms with E-state index in [1.165, 1.54) is 18.6 Å². The van der Waals surface area contributed by atoms with Crippen LogP contribution in [0.15, 0.2) is 41.5 Å². The summed E-state index contributed by atoms with van der Waals surface area (Å²) in [6, 6.07) is 9.82. The minimum atomic E-state index is -0.595. The molecule has 0 aromatic heterocycles. The summed E-state index contributed by atoms with van der Waals surface area (Å²) in [4.78, 5) is 22.1. The van der Waals surface area contributed by atoms with Gasteiger partial charge in [-0.25, -0.2) is 5.43 Å². The van der Waals surface area contributed by atoms with Crippen molar-refractivity contribution in [2.24, 2.45) is 5.10 Å². The summed E-state index contributed by atoms with van der Waals surface area (Å²) in [6.45, 7) is 5.48. The summed E-state index contributed by atoms with van der Waals surface area (Å²) in [7, 11) is 0. The lowest BCUT2D eigenvalue weighted by Gasteiger charge is -2.13. The Morgan fingerprint density at radius 1 is 1.32 bits per heavy atom. The zero-order valence-electron chi connectivity index (χ0n) is 16.0. The molecule has 2 rings (SSSR count). The van der Waals surface area contributed by atoms with Gasteiger partial charge in [0.1, 0.15) is 5.75 Å². The Hall–Kier alpha value is -3.42. The third-order valence-electron chi connectivity index (χ3n) is 4.32. The van der Waals surface area contributed by atoms with Gasteiger partial charge in [-0.1, -0.05) is 37.3 Å². The van der Waals surface area contributed by atoms with Crippen molar-refractivity contribution in [3.63, 3.8) is 0 Å². The number of non-ortho nitro benzene ring substituents is 1. The van der Waals surface area contributed by atoms with Gasteiger partial charge in [-0.15, -0.1) is 0 Å². The topological polar surface area (TPSA) is 117 Å². The largest absolute Gasteiger partial charge is 0.872 e. The lowest BCUT2D eigenvalue weighted by molar-refractivity contribution is -0.385. The van der Waals surface area contributed by atoms with Crippen molar-refractivity contribution in [3.05, 3.63) is 63.2 Å². The van der Waals surface area contributed by atoms with E-state index in [4.69, 9.17) is 4.74 Å². The second kappa shape index (κ2) is 9.50. The molecule has 0 saturated heterocycles. The van der Waals surface area contributed by atoms with Crippen molar-refractivity contribution in [2.75, 3.05) is 6.61 Å². The number of hydrazone groups is 1. The van der Waals surface area contributed by atoms with Crippen LogP contribution in [0.3, 0.4) is 0 Å². The lowest BCUT2D eigenvalue weighted by Crippen LogP contribution is -2.24. The van der Waals surface area contributed by atoms with Crippen molar-refractivity contribution < 1.29 is 19.6 Å². The summed E-state index contributed by atoms with van der Waals surface area (Å²) < 4.78 is 5.40. The molecule has 1 amide bonds. The molecule has 2 aromatic rings. The zero-order chi connectivity index (χ0) is 20.7. The molecule has 0 aliphatic rings. The van der Waals surface area contributed by atoms with Crippen molar-refractivity contribution in [2.45, 2.75) is 33.1 Å². The fourth-order valence-corrected chi connectivity index (χ4v) is 2.47. The number of nitro groups is 1. The first kappa shape index (κ1) is 20.9. The van der Waals surface area contributed by atoms with Crippen LogP contribution in [0, 0.1) is 17.0 Å². The van der Waals surface area contributed by atoms with Crippen LogP contribution in [0.4, 0.5) is 5.69 Å². The van der Waals surface area contributed by atoms with Gasteiger partial charge in [-0.2, -0.15) is 5.10 Å². The maximum atomic E-state index is 12.0. The summed E-state index contributed by atoms with van der Waals surface area (Å²) in [5.74, 6) is 0.107. The molecule has 148 valence electrons. The standard InChI is InChI=1S/C20H23N3O5/c1-4-13(2)15-5-7-18(8-6-15)28-12-19(24)22-21-11-16-10-17(23(26)27)9-14(3)20(16)25/h5-11,13,25H,4,12H2,1-3H3,(H,22,24)/p-1/t13-/m0/s1. The molecule has 1 atom stereocenters. The molecule has 0 aliphatic heterocycles. The molecule has 0 bridgehead atoms. The molecule has 0 radical (unpaired) electrons. The molecular weight excluding hydrogens is 362 g/mol. The van der Waals surface area contributed by atoms with Gasteiger partial charge in [0.2, 0.25) is 0 Å². The quantitative estimate of drug-likeness (QED) is 0.426. The van der Waals surface area contributed by atoms with Crippen LogP contribution in [0.2, 0.25) is 0 Å². The molecular formula is C20H22N3O5-. The van der Waals surface area contributed by atoms with Crippen molar-refractivity contribution in [1.29, 1.82) is 0 Å². The molecule has 2 aromatic carbocycles. The molecule has 28 heavy (non-hydrogen) atoms. The van der Waals surface area contributed by atoms with Gasteiger partial charge in [0.25, 0.3) is 11.6 Å². The van der Waals surface area contributed by atoms with Crippen molar-refractivity contribution in [1.82, 2.24) is 5.43 Å². The van der Waals surface area contributed by atoms with Crippen LogP contribution >= 0.6 is 0 Å². The number of benzene rings is 2. The minimum Gasteiger partial charge on any atom is -0.872 e. The highest BCUT2D eigenvalue weighted by atomic mass is 16.6. The average Bonchev–Trinajstić information content (AvgIpc) is 2.69. The monoisotopic (exact) mass is 384 g/mol. The van der Waals surface area contributed by atoms with Crippen LogP contribution in [0.5, 0.6) is 11.5 Å². The van der Waals surface area contributed by atoms with Gasteiger partial charge in [0, 0.05) is 12.1 Å². The van der Waals surface area contributed by atoms with Crippen LogP contribution in [0.1, 0.15) is 42.9 Å². The van der Waals surface area contributed by atoms with Crippen LogP contribution in [-0.2, 0) is 4.79 Å². The predicted octanol–water partition coefficient (Wildman–Crippen LogP) is 3.02. The third-order valence-corrected chi connectivity index (χ3v) is 4.32. The SMILES string of the molecule is CC[C@H](C)c1ccc(OCC(=O)NN=Cc2cc([N+](=O)[O-])cc(C)c2[O-])cc1. The summed E-state index contributed by atoms with van der Waals surface area (Å²) in [6.07, 6.45) is 2.12. The van der Waals surface area contributed by atoms with E-state index in [0.29, 0.717) is 11.7 Å². The maximum absolute atomic E-state index is 12.0. The number of nitro benzene ring substituents is 1. The number of nitrogens with zero attached hydrogens (tertiary/aromatic N) is 2. The van der Waals surface area contributed by atoms with Crippen molar-refractivity contribution in [3.8, 4) is 11.5 Å². The molecule has 8 nitrogen and oxygen atoms in total. The van der Waals surface area contributed by atoms with E-state index in [1.54, 1.807) is 12.1 Å². The highest BCUT2D eigenvalue weighted by Crippen LogP contribution is 2.24. The maximum Gasteiger partial charge on any atom is 0.277 e. The predicted molar refractivity (Wildman–Crippen MR) is 104 cm³/mol. The smallest absolute Gasteiger partial charge is 0.277 e. The number of rotatable bonds is 8. The Morgan fingerprint density at radius 2 is 2.00 bits per heavy atom. The van der Waals surface area contributed by atoms with Gasteiger partial charge >= 0.3 is 0 Å². The van der Waals surface area contributed by atoms with Gasteiger partial charge in [0.05, 0.1) is 11.1 Å². The summed E-state index contributed by atoms with van der Waals surface area (Å²) in [5.41, 5.74) is 3.47. The normalized spacial score (nSPS) is 12.0. The Kier molecular flexibility index (Phi) is 7.08. The fourth-order valence-electron chi connectivity index (χ4n) is 2.47. The van der Waals surface area contributed by atoms with E-state index in [2.05, 4.69) is 24.4 Å². The molecule has 0 heterocycles. The van der Waals surface area contributed by atoms with Gasteiger partial charge in [0.15, 0.2) is 6.61 Å². The molecule has 0 saturated carbocycles. The first-order valence-electron chi connectivity index (χ1n) is 8.82. The highest BCUT2D eigenvalue weighted by molar-refractivity contribution is 5.86. The number of carbonyl (C=O) groups is 1. The lowest BCUT2D eigenvalue weighted by atomic mass is 9.99. The number of ether oxygens (including phenoxy) is 1. The Morgan fingerprint density at radius 3 is 2.61 bits per heavy atom. The van der Waals surface area contributed by atoms with Gasteiger partial charge < -0.3 is 9.84 Å². The summed E-state index contributed by atoms with van der Waals surface area (Å²) in [5, 5.41) is 26.5. The number of nitrogens with one attached hydrogen (secondary N) is 1. The van der Waals surface area contributed by atoms with Crippen molar-refractivity contribution >= 4 is 17.8 Å². The first-order chi connectivity index (χ1) is 13.3. The Bertz CT molecular complexity index is 878. The molecule has 1 N–H and O–H groups in total. The van der Waals surface area contributed by atoms with Gasteiger partial charge in [-0.3, -0.25) is 14.9 Å². The average molecular weight is 384 g/mol. The Balaban J connectivity index is 1.91. The number of aryl methyl sites for hydroxylation is 1. The second-order valence-corrected chi connectivity index (χ2v) is 6.40. The Labute approximate surface area is 163 Å². The fraction of sp³-hybridized carbons (Fsp3) is 0.300. The number of carbonyl (C=O) groups excluding carboxylic acids is 1. The van der Waals surface area contributed by atoms with E-state index in [-0.39, 0.29) is 29.2 Å². The van der Waals surface area contributed by atoms with E-state index < -0.39 is 10.8 Å². The van der Waals surface area contributed by atoms with Crippen LogP contribution < -0.4 is 15.3 Å². The second-order valence-electron chi connectivity index (χ2n) is 6.40. The highest BCUT2D eigenvalue weighted by Gasteiger charge is 2.09. The first-order valence-corrected chi connectivity index (χ1v) is 8.82. The molecule has 0 aliphatic carbocycles. The van der Waals surface area contributed by atoms with E-state index in [1.807, 2.05) is 12.1 Å².